The van der Waals surface area contributed by atoms with Crippen LogP contribution in [-0.2, 0) is 0 Å². The highest BCUT2D eigenvalue weighted by Crippen LogP contribution is 2.22. The van der Waals surface area contributed by atoms with Crippen LogP contribution in [0, 0.1) is 17.0 Å². The molecule has 0 unspecified atom stereocenters. The highest BCUT2D eigenvalue weighted by molar-refractivity contribution is 5.92. The van der Waals surface area contributed by atoms with E-state index < -0.39 is 4.92 Å². The van der Waals surface area contributed by atoms with E-state index >= 15 is 0 Å². The molecule has 1 amide bonds. The second kappa shape index (κ2) is 7.16. The lowest BCUT2D eigenvalue weighted by Crippen LogP contribution is -2.29. The van der Waals surface area contributed by atoms with E-state index in [0.717, 1.165) is 5.69 Å². The van der Waals surface area contributed by atoms with Gasteiger partial charge in [-0.1, -0.05) is 18.2 Å². The first-order chi connectivity index (χ1) is 10.6. The second-order valence-corrected chi connectivity index (χ2v) is 4.62. The third-order valence-corrected chi connectivity index (χ3v) is 2.95. The fraction of sp³-hybridized carbons (Fsp3) is 0.200. The van der Waals surface area contributed by atoms with Gasteiger partial charge in [0.15, 0.2) is 0 Å². The summed E-state index contributed by atoms with van der Waals surface area (Å²) in [7, 11) is 0. The van der Waals surface area contributed by atoms with E-state index in [1.54, 1.807) is 30.3 Å². The van der Waals surface area contributed by atoms with Crippen molar-refractivity contribution in [1.29, 1.82) is 0 Å². The quantitative estimate of drug-likeness (QED) is 0.484. The normalized spacial score (nSPS) is 10.0. The Morgan fingerprint density at radius 3 is 2.68 bits per heavy atom. The molecule has 0 aliphatic rings. The first-order valence-corrected chi connectivity index (χ1v) is 6.77. The lowest BCUT2D eigenvalue weighted by Gasteiger charge is -2.08. The van der Waals surface area contributed by atoms with Gasteiger partial charge in [-0.05, 0) is 25.1 Å². The molecule has 0 atom stereocenters. The minimum Gasteiger partial charge on any atom is -0.378 e. The van der Waals surface area contributed by atoms with Crippen LogP contribution in [-0.4, -0.2) is 28.9 Å². The fourth-order valence-corrected chi connectivity index (χ4v) is 1.92. The number of amides is 1. The summed E-state index contributed by atoms with van der Waals surface area (Å²) in [6, 6.07) is 11.6. The first-order valence-electron chi connectivity index (χ1n) is 6.77. The number of nitro benzene ring substituents is 1. The molecule has 0 saturated carbocycles. The van der Waals surface area contributed by atoms with E-state index in [2.05, 4.69) is 15.6 Å². The van der Waals surface area contributed by atoms with Crippen molar-refractivity contribution in [2.45, 2.75) is 6.92 Å². The molecule has 0 radical (unpaired) electrons. The van der Waals surface area contributed by atoms with Crippen molar-refractivity contribution in [3.63, 3.8) is 0 Å². The van der Waals surface area contributed by atoms with Gasteiger partial charge < -0.3 is 10.6 Å². The maximum Gasteiger partial charge on any atom is 0.292 e. The molecule has 1 aromatic heterocycles. The van der Waals surface area contributed by atoms with E-state index in [4.69, 9.17) is 0 Å². The topological polar surface area (TPSA) is 97.2 Å². The number of nitro groups is 1. The Morgan fingerprint density at radius 1 is 1.18 bits per heavy atom. The van der Waals surface area contributed by atoms with Crippen LogP contribution >= 0.6 is 0 Å². The summed E-state index contributed by atoms with van der Waals surface area (Å²) in [4.78, 5) is 26.4. The molecule has 1 heterocycles. The van der Waals surface area contributed by atoms with Gasteiger partial charge in [0.05, 0.1) is 4.92 Å². The monoisotopic (exact) mass is 300 g/mol. The first kappa shape index (κ1) is 15.4. The number of nitrogens with one attached hydrogen (secondary N) is 2. The summed E-state index contributed by atoms with van der Waals surface area (Å²) >= 11 is 0. The summed E-state index contributed by atoms with van der Waals surface area (Å²) in [6.07, 6.45) is 0. The molecule has 0 aliphatic heterocycles. The maximum atomic E-state index is 11.9. The van der Waals surface area contributed by atoms with Crippen molar-refractivity contribution in [3.8, 4) is 0 Å². The molecule has 7 nitrogen and oxygen atoms in total. The van der Waals surface area contributed by atoms with Crippen LogP contribution in [0.25, 0.3) is 0 Å². The van der Waals surface area contributed by atoms with Gasteiger partial charge in [-0.3, -0.25) is 14.9 Å². The van der Waals surface area contributed by atoms with Crippen LogP contribution < -0.4 is 10.6 Å². The number of carbonyl (C=O) groups is 1. The molecule has 0 aliphatic carbocycles. The van der Waals surface area contributed by atoms with Gasteiger partial charge in [-0.2, -0.15) is 0 Å². The number of hydrogen-bond acceptors (Lipinski definition) is 5. The molecule has 0 saturated heterocycles. The molecule has 114 valence electrons. The van der Waals surface area contributed by atoms with Crippen molar-refractivity contribution in [2.24, 2.45) is 0 Å². The van der Waals surface area contributed by atoms with Gasteiger partial charge in [0, 0.05) is 24.8 Å². The van der Waals surface area contributed by atoms with Crippen molar-refractivity contribution in [1.82, 2.24) is 10.3 Å². The molecular weight excluding hydrogens is 284 g/mol. The van der Waals surface area contributed by atoms with Gasteiger partial charge in [0.1, 0.15) is 11.4 Å². The number of hydrogen-bond donors (Lipinski definition) is 2. The molecule has 0 fully saturated rings. The molecule has 2 N–H and O–H groups in total. The van der Waals surface area contributed by atoms with Crippen molar-refractivity contribution in [2.75, 3.05) is 18.4 Å². The van der Waals surface area contributed by atoms with E-state index in [1.807, 2.05) is 13.0 Å². The summed E-state index contributed by atoms with van der Waals surface area (Å²) in [5, 5.41) is 16.5. The van der Waals surface area contributed by atoms with Crippen LogP contribution in [0.1, 0.15) is 16.2 Å². The van der Waals surface area contributed by atoms with Crippen molar-refractivity contribution in [3.05, 3.63) is 64.0 Å². The number of anilines is 1. The van der Waals surface area contributed by atoms with Gasteiger partial charge in [0.25, 0.3) is 11.6 Å². The summed E-state index contributed by atoms with van der Waals surface area (Å²) < 4.78 is 0. The van der Waals surface area contributed by atoms with E-state index in [0.29, 0.717) is 24.5 Å². The molecule has 0 bridgehead atoms. The molecule has 0 spiro atoms. The van der Waals surface area contributed by atoms with Crippen LogP contribution in [0.5, 0.6) is 0 Å². The standard InChI is InChI=1S/C15H16N4O3/c1-11-5-4-7-13(18-11)15(20)17-10-9-16-12-6-2-3-8-14(12)19(21)22/h2-8,16H,9-10H2,1H3,(H,17,20). The number of aromatic nitrogens is 1. The average molecular weight is 300 g/mol. The largest absolute Gasteiger partial charge is 0.378 e. The lowest BCUT2D eigenvalue weighted by atomic mass is 10.2. The van der Waals surface area contributed by atoms with E-state index in [-0.39, 0.29) is 11.6 Å². The van der Waals surface area contributed by atoms with Crippen LogP contribution in [0.2, 0.25) is 0 Å². The van der Waals surface area contributed by atoms with Crippen molar-refractivity contribution < 1.29 is 9.72 Å². The molecule has 1 aromatic carbocycles. The highest BCUT2D eigenvalue weighted by Gasteiger charge is 2.11. The number of benzene rings is 1. The van der Waals surface area contributed by atoms with Gasteiger partial charge in [-0.25, -0.2) is 4.98 Å². The van der Waals surface area contributed by atoms with E-state index in [9.17, 15) is 14.9 Å². The minimum absolute atomic E-state index is 0.00850. The minimum atomic E-state index is -0.447. The maximum absolute atomic E-state index is 11.9. The zero-order valence-corrected chi connectivity index (χ0v) is 12.1. The van der Waals surface area contributed by atoms with Crippen molar-refractivity contribution >= 4 is 17.3 Å². The Hall–Kier alpha value is -2.96. The number of aryl methyl sites for hydroxylation is 1. The molecule has 2 aromatic rings. The van der Waals surface area contributed by atoms with Crippen LogP contribution in [0.15, 0.2) is 42.5 Å². The Morgan fingerprint density at radius 2 is 1.95 bits per heavy atom. The molecule has 7 heteroatoms. The second-order valence-electron chi connectivity index (χ2n) is 4.62. The van der Waals surface area contributed by atoms with Gasteiger partial charge in [-0.15, -0.1) is 0 Å². The van der Waals surface area contributed by atoms with E-state index in [1.165, 1.54) is 6.07 Å². The number of rotatable bonds is 6. The Bertz CT molecular complexity index is 688. The third-order valence-electron chi connectivity index (χ3n) is 2.95. The predicted molar refractivity (Wildman–Crippen MR) is 82.9 cm³/mol. The number of nitrogens with zero attached hydrogens (tertiary/aromatic N) is 2. The lowest BCUT2D eigenvalue weighted by molar-refractivity contribution is -0.384. The Labute approximate surface area is 127 Å². The Kier molecular flexibility index (Phi) is 5.02. The fourth-order valence-electron chi connectivity index (χ4n) is 1.92. The summed E-state index contributed by atoms with van der Waals surface area (Å²) in [5.74, 6) is -0.270. The van der Waals surface area contributed by atoms with Crippen LogP contribution in [0.3, 0.4) is 0 Å². The molecular formula is C15H16N4O3. The summed E-state index contributed by atoms with van der Waals surface area (Å²) in [5.41, 5.74) is 1.56. The average Bonchev–Trinajstić information content (AvgIpc) is 2.51. The number of pyridine rings is 1. The smallest absolute Gasteiger partial charge is 0.292 e. The Balaban J connectivity index is 1.85. The summed E-state index contributed by atoms with van der Waals surface area (Å²) in [6.45, 7) is 2.52. The van der Waals surface area contributed by atoms with Crippen LogP contribution in [0.4, 0.5) is 11.4 Å². The van der Waals surface area contributed by atoms with Gasteiger partial charge >= 0.3 is 0 Å². The SMILES string of the molecule is Cc1cccc(C(=O)NCCNc2ccccc2[N+](=O)[O-])n1. The zero-order chi connectivity index (χ0) is 15.9. The predicted octanol–water partition coefficient (Wildman–Crippen LogP) is 2.14. The number of carbonyl (C=O) groups excluding carboxylic acids is 1. The zero-order valence-electron chi connectivity index (χ0n) is 12.1. The molecule has 2 rings (SSSR count). The molecule has 22 heavy (non-hydrogen) atoms. The number of para-hydroxylation sites is 2. The van der Waals surface area contributed by atoms with Gasteiger partial charge in [0.2, 0.25) is 0 Å². The third kappa shape index (κ3) is 4.02. The highest BCUT2D eigenvalue weighted by atomic mass is 16.6.